The molecule has 0 spiro atoms. The number of amidine groups is 1. The smallest absolute Gasteiger partial charge is 0.271 e. The van der Waals surface area contributed by atoms with Gasteiger partial charge in [0.2, 0.25) is 0 Å². The molecule has 0 bridgehead atoms. The number of aromatic nitrogens is 2. The fourth-order valence-electron chi connectivity index (χ4n) is 4.06. The molecule has 0 amide bonds. The zero-order chi connectivity index (χ0) is 20.0. The quantitative estimate of drug-likeness (QED) is 0.476. The lowest BCUT2D eigenvalue weighted by Gasteiger charge is -2.28. The van der Waals surface area contributed by atoms with Crippen LogP contribution in [0, 0.1) is 10.1 Å². The summed E-state index contributed by atoms with van der Waals surface area (Å²) in [4.78, 5) is 22.8. The summed E-state index contributed by atoms with van der Waals surface area (Å²) in [6.45, 7) is 3.12. The lowest BCUT2D eigenvalue weighted by Crippen LogP contribution is -2.30. The first-order chi connectivity index (χ1) is 14.1. The second-order valence-electron chi connectivity index (χ2n) is 7.22. The molecule has 2 aliphatic heterocycles. The van der Waals surface area contributed by atoms with Crippen LogP contribution in [0.5, 0.6) is 0 Å². The Hall–Kier alpha value is -3.13. The van der Waals surface area contributed by atoms with Gasteiger partial charge in [0, 0.05) is 42.0 Å². The largest absolute Gasteiger partial charge is 0.339 e. The summed E-state index contributed by atoms with van der Waals surface area (Å²) in [6.07, 6.45) is 3.75. The molecule has 0 saturated carbocycles. The van der Waals surface area contributed by atoms with E-state index in [1.807, 2.05) is 41.1 Å². The normalized spacial score (nSPS) is 23.1. The van der Waals surface area contributed by atoms with Crippen LogP contribution in [-0.2, 0) is 0 Å². The molecule has 2 aromatic heterocycles. The van der Waals surface area contributed by atoms with Crippen LogP contribution in [-0.4, -0.2) is 36.3 Å². The van der Waals surface area contributed by atoms with E-state index in [0.29, 0.717) is 5.25 Å². The molecule has 1 aromatic carbocycles. The number of aliphatic imine (C=N–C) groups is 1. The number of hydrogen-bond donors (Lipinski definition) is 0. The molecule has 1 fully saturated rings. The van der Waals surface area contributed by atoms with Gasteiger partial charge in [-0.3, -0.25) is 20.1 Å². The van der Waals surface area contributed by atoms with Gasteiger partial charge < -0.3 is 9.47 Å². The van der Waals surface area contributed by atoms with Gasteiger partial charge in [0.05, 0.1) is 22.3 Å². The Labute approximate surface area is 172 Å². The minimum atomic E-state index is -0.362. The van der Waals surface area contributed by atoms with Crippen molar-refractivity contribution >= 4 is 22.6 Å². The van der Waals surface area contributed by atoms with E-state index in [0.717, 1.165) is 28.8 Å². The number of benzene rings is 1. The van der Waals surface area contributed by atoms with E-state index < -0.39 is 0 Å². The predicted molar refractivity (Wildman–Crippen MR) is 113 cm³/mol. The first-order valence-corrected chi connectivity index (χ1v) is 10.3. The monoisotopic (exact) mass is 405 g/mol. The van der Waals surface area contributed by atoms with Crippen molar-refractivity contribution in [1.82, 2.24) is 14.5 Å². The lowest BCUT2D eigenvalue weighted by molar-refractivity contribution is -0.384. The molecule has 2 aliphatic rings. The first-order valence-electron chi connectivity index (χ1n) is 9.46. The molecule has 4 heterocycles. The van der Waals surface area contributed by atoms with E-state index in [1.54, 1.807) is 30.1 Å². The van der Waals surface area contributed by atoms with Gasteiger partial charge in [0.15, 0.2) is 5.17 Å². The van der Waals surface area contributed by atoms with Crippen molar-refractivity contribution in [3.8, 4) is 5.69 Å². The van der Waals surface area contributed by atoms with Crippen molar-refractivity contribution in [3.63, 3.8) is 0 Å². The zero-order valence-electron chi connectivity index (χ0n) is 15.8. The second kappa shape index (κ2) is 7.04. The van der Waals surface area contributed by atoms with Crippen LogP contribution in [0.25, 0.3) is 5.69 Å². The number of nitro groups is 1. The van der Waals surface area contributed by atoms with Crippen LogP contribution in [0.1, 0.15) is 30.4 Å². The number of nitro benzene ring substituents is 1. The van der Waals surface area contributed by atoms with Gasteiger partial charge >= 0.3 is 0 Å². The zero-order valence-corrected chi connectivity index (χ0v) is 16.6. The van der Waals surface area contributed by atoms with Crippen LogP contribution in [0.2, 0.25) is 0 Å². The molecule has 0 radical (unpaired) electrons. The summed E-state index contributed by atoms with van der Waals surface area (Å²) in [5, 5.41) is 12.8. The Balaban J connectivity index is 1.60. The number of hydrogen-bond acceptors (Lipinski definition) is 6. The van der Waals surface area contributed by atoms with Crippen LogP contribution in [0.3, 0.4) is 0 Å². The molecule has 0 N–H and O–H groups in total. The molecular weight excluding hydrogens is 386 g/mol. The van der Waals surface area contributed by atoms with Gasteiger partial charge in [-0.25, -0.2) is 0 Å². The van der Waals surface area contributed by atoms with E-state index >= 15 is 0 Å². The lowest BCUT2D eigenvalue weighted by atomic mass is 10.0. The standard InChI is InChI=1S/C21H19N5O2S/c1-14-13-25-20(19(23-21(25)29-14)17-8-2-3-10-22-17)18-9-5-11-24(18)15-6-4-7-16(12-15)26(27)28/h2-12,14,19-20H,13H2,1H3/t14-,19-,20+/m1/s1. The molecular formula is C21H19N5O2S. The summed E-state index contributed by atoms with van der Waals surface area (Å²) in [5.74, 6) is 0. The van der Waals surface area contributed by atoms with Crippen LogP contribution < -0.4 is 0 Å². The van der Waals surface area contributed by atoms with Gasteiger partial charge in [0.1, 0.15) is 6.04 Å². The number of thioether (sulfide) groups is 1. The highest BCUT2D eigenvalue weighted by Gasteiger charge is 2.44. The van der Waals surface area contributed by atoms with Gasteiger partial charge in [-0.1, -0.05) is 30.8 Å². The van der Waals surface area contributed by atoms with Crippen molar-refractivity contribution in [2.24, 2.45) is 4.99 Å². The molecule has 146 valence electrons. The third kappa shape index (κ3) is 3.09. The molecule has 0 aliphatic carbocycles. The number of rotatable bonds is 4. The Kier molecular flexibility index (Phi) is 4.35. The Morgan fingerprint density at radius 2 is 2.07 bits per heavy atom. The minimum absolute atomic E-state index is 0.00777. The highest BCUT2D eigenvalue weighted by atomic mass is 32.2. The molecule has 0 unspecified atom stereocenters. The van der Waals surface area contributed by atoms with E-state index in [9.17, 15) is 10.1 Å². The molecule has 3 atom stereocenters. The van der Waals surface area contributed by atoms with Crippen LogP contribution in [0.4, 0.5) is 5.69 Å². The van der Waals surface area contributed by atoms with Crippen molar-refractivity contribution < 1.29 is 4.92 Å². The fourth-order valence-corrected chi connectivity index (χ4v) is 5.16. The molecule has 29 heavy (non-hydrogen) atoms. The van der Waals surface area contributed by atoms with Crippen LogP contribution >= 0.6 is 11.8 Å². The number of non-ortho nitro benzene ring substituents is 1. The summed E-state index contributed by atoms with van der Waals surface area (Å²) in [5.41, 5.74) is 2.83. The Bertz CT molecular complexity index is 1100. The van der Waals surface area contributed by atoms with Crippen molar-refractivity contribution in [2.75, 3.05) is 6.54 Å². The predicted octanol–water partition coefficient (Wildman–Crippen LogP) is 4.37. The van der Waals surface area contributed by atoms with E-state index in [1.165, 1.54) is 6.07 Å². The fraction of sp³-hybridized carbons (Fsp3) is 0.238. The van der Waals surface area contributed by atoms with Crippen LogP contribution in [0.15, 0.2) is 72.0 Å². The molecule has 8 heteroatoms. The summed E-state index contributed by atoms with van der Waals surface area (Å²) >= 11 is 1.79. The number of fused-ring (bicyclic) bond motifs is 1. The van der Waals surface area contributed by atoms with Crippen molar-refractivity contribution in [1.29, 1.82) is 0 Å². The maximum absolute atomic E-state index is 11.2. The minimum Gasteiger partial charge on any atom is -0.339 e. The number of pyridine rings is 1. The average molecular weight is 405 g/mol. The third-order valence-corrected chi connectivity index (χ3v) is 6.39. The van der Waals surface area contributed by atoms with E-state index in [2.05, 4.69) is 22.9 Å². The Morgan fingerprint density at radius 1 is 1.17 bits per heavy atom. The SMILES string of the molecule is C[C@@H]1CN2C(=N[C@H](c3ccccn3)[C@@H]2c2cccn2-c2cccc([N+](=O)[O-])c2)S1. The molecule has 7 nitrogen and oxygen atoms in total. The first kappa shape index (κ1) is 17.9. The maximum Gasteiger partial charge on any atom is 0.271 e. The summed E-state index contributed by atoms with van der Waals surface area (Å²) < 4.78 is 2.03. The Morgan fingerprint density at radius 3 is 2.86 bits per heavy atom. The maximum atomic E-state index is 11.2. The average Bonchev–Trinajstić information content (AvgIpc) is 3.42. The topological polar surface area (TPSA) is 76.6 Å². The van der Waals surface area contributed by atoms with Gasteiger partial charge in [-0.15, -0.1) is 0 Å². The van der Waals surface area contributed by atoms with E-state index in [4.69, 9.17) is 4.99 Å². The highest BCUT2D eigenvalue weighted by Crippen LogP contribution is 2.47. The van der Waals surface area contributed by atoms with Crippen molar-refractivity contribution in [2.45, 2.75) is 24.3 Å². The molecule has 5 rings (SSSR count). The third-order valence-electron chi connectivity index (χ3n) is 5.28. The van der Waals surface area contributed by atoms with Crippen molar-refractivity contribution in [3.05, 3.63) is 88.5 Å². The van der Waals surface area contributed by atoms with E-state index in [-0.39, 0.29) is 22.7 Å². The summed E-state index contributed by atoms with van der Waals surface area (Å²) in [6, 6.07) is 16.6. The number of nitrogens with zero attached hydrogens (tertiary/aromatic N) is 5. The van der Waals surface area contributed by atoms with Gasteiger partial charge in [0.25, 0.3) is 5.69 Å². The van der Waals surface area contributed by atoms with Gasteiger partial charge in [-0.2, -0.15) is 0 Å². The molecule has 3 aromatic rings. The molecule has 1 saturated heterocycles. The van der Waals surface area contributed by atoms with Gasteiger partial charge in [-0.05, 0) is 30.3 Å². The second-order valence-corrected chi connectivity index (χ2v) is 8.62. The highest BCUT2D eigenvalue weighted by molar-refractivity contribution is 8.14. The summed E-state index contributed by atoms with van der Waals surface area (Å²) in [7, 11) is 0.